The van der Waals surface area contributed by atoms with Crippen LogP contribution in [0.15, 0.2) is 38.3 Å². The highest BCUT2D eigenvalue weighted by Crippen LogP contribution is 2.29. The fourth-order valence-corrected chi connectivity index (χ4v) is 7.45. The fraction of sp³-hybridized carbons (Fsp3) is 0.476. The monoisotopic (exact) mass is 595 g/mol. The van der Waals surface area contributed by atoms with Gasteiger partial charge in [0, 0.05) is 38.2 Å². The molecule has 2 saturated heterocycles. The lowest BCUT2D eigenvalue weighted by atomic mass is 9.97. The van der Waals surface area contributed by atoms with Gasteiger partial charge < -0.3 is 4.74 Å². The minimum Gasteiger partial charge on any atom is -0.490 e. The number of hydrazine groups is 1. The second-order valence-corrected chi connectivity index (χ2v) is 13.3. The molecule has 0 spiro atoms. The number of piperidine rings is 2. The van der Waals surface area contributed by atoms with Crippen LogP contribution in [0.25, 0.3) is 0 Å². The molecule has 2 aliphatic heterocycles. The lowest BCUT2D eigenvalue weighted by molar-refractivity contribution is -0.128. The van der Waals surface area contributed by atoms with Crippen LogP contribution in [-0.4, -0.2) is 56.6 Å². The van der Waals surface area contributed by atoms with Crippen LogP contribution in [0.3, 0.4) is 0 Å². The number of rotatable bonds is 6. The van der Waals surface area contributed by atoms with Crippen LogP contribution in [0, 0.1) is 5.92 Å². The van der Waals surface area contributed by atoms with E-state index in [0.29, 0.717) is 26.7 Å². The highest BCUT2D eigenvalue weighted by Gasteiger charge is 2.32. The molecule has 1 aromatic carbocycles. The molecule has 2 aliphatic rings. The van der Waals surface area contributed by atoms with Gasteiger partial charge >= 0.3 is 0 Å². The molecule has 0 saturated carbocycles. The Bertz CT molecular complexity index is 1100. The quantitative estimate of drug-likeness (QED) is 0.516. The largest absolute Gasteiger partial charge is 0.490 e. The summed E-state index contributed by atoms with van der Waals surface area (Å²) in [7, 11) is -3.82. The molecule has 7 nitrogen and oxygen atoms in total. The molecule has 4 rings (SSSR count). The van der Waals surface area contributed by atoms with Crippen LogP contribution in [-0.2, 0) is 14.8 Å². The standard InChI is InChI=1S/C21H24BrCl2N3O4S2/c22-19-3-4-20(32-19)33(29,30)25-21(28)14-5-9-26(10-6-14)27-11-7-15(8-12-27)31-16-1-2-17(23)18(24)13-16/h1-4,13-15H,5-12H2,(H,25,28). The average molecular weight is 597 g/mol. The number of thiophene rings is 1. The number of halogens is 3. The van der Waals surface area contributed by atoms with Crippen molar-refractivity contribution in [3.63, 3.8) is 0 Å². The maximum absolute atomic E-state index is 12.6. The summed E-state index contributed by atoms with van der Waals surface area (Å²) in [5, 5.41) is 5.56. The molecule has 1 N–H and O–H groups in total. The van der Waals surface area contributed by atoms with Crippen molar-refractivity contribution in [1.82, 2.24) is 14.7 Å². The van der Waals surface area contributed by atoms with Crippen LogP contribution in [0.2, 0.25) is 10.0 Å². The van der Waals surface area contributed by atoms with Crippen molar-refractivity contribution in [2.45, 2.75) is 36.0 Å². The summed E-state index contributed by atoms with van der Waals surface area (Å²) in [6, 6.07) is 8.44. The predicted octanol–water partition coefficient (Wildman–Crippen LogP) is 4.79. The zero-order valence-electron chi connectivity index (χ0n) is 17.7. The molecule has 0 bridgehead atoms. The van der Waals surface area contributed by atoms with E-state index in [0.717, 1.165) is 56.1 Å². The smallest absolute Gasteiger partial charge is 0.273 e. The van der Waals surface area contributed by atoms with E-state index < -0.39 is 15.9 Å². The molecule has 180 valence electrons. The van der Waals surface area contributed by atoms with Crippen molar-refractivity contribution in [3.8, 4) is 5.75 Å². The molecule has 2 aromatic rings. The third-order valence-electron chi connectivity index (χ3n) is 5.90. The van der Waals surface area contributed by atoms with E-state index in [4.69, 9.17) is 27.9 Å². The highest BCUT2D eigenvalue weighted by molar-refractivity contribution is 9.11. The van der Waals surface area contributed by atoms with E-state index in [1.807, 2.05) is 6.07 Å². The number of nitrogens with zero attached hydrogens (tertiary/aromatic N) is 2. The van der Waals surface area contributed by atoms with Crippen LogP contribution in [0.1, 0.15) is 25.7 Å². The van der Waals surface area contributed by atoms with E-state index in [1.54, 1.807) is 18.2 Å². The molecule has 0 aliphatic carbocycles. The summed E-state index contributed by atoms with van der Waals surface area (Å²) in [6.07, 6.45) is 3.12. The molecular weight excluding hydrogens is 573 g/mol. The first-order valence-electron chi connectivity index (χ1n) is 10.6. The Labute approximate surface area is 216 Å². The normalized spacial score (nSPS) is 19.5. The van der Waals surface area contributed by atoms with Crippen molar-refractivity contribution in [2.75, 3.05) is 26.2 Å². The van der Waals surface area contributed by atoms with Crippen molar-refractivity contribution < 1.29 is 17.9 Å². The van der Waals surface area contributed by atoms with E-state index in [2.05, 4.69) is 30.7 Å². The zero-order chi connectivity index (χ0) is 23.6. The first kappa shape index (κ1) is 25.2. The number of nitrogens with one attached hydrogen (secondary N) is 1. The van der Waals surface area contributed by atoms with Gasteiger partial charge in [0.15, 0.2) is 0 Å². The Hall–Kier alpha value is -0.880. The van der Waals surface area contributed by atoms with E-state index in [-0.39, 0.29) is 16.2 Å². The summed E-state index contributed by atoms with van der Waals surface area (Å²) in [5.74, 6) is -0.0117. The first-order valence-corrected chi connectivity index (χ1v) is 14.5. The Morgan fingerprint density at radius 3 is 2.21 bits per heavy atom. The Balaban J connectivity index is 1.22. The number of amides is 1. The molecule has 33 heavy (non-hydrogen) atoms. The van der Waals surface area contributed by atoms with Gasteiger partial charge in [-0.05, 0) is 65.9 Å². The van der Waals surface area contributed by atoms with Crippen molar-refractivity contribution in [2.24, 2.45) is 5.92 Å². The van der Waals surface area contributed by atoms with Gasteiger partial charge in [0.05, 0.1) is 13.8 Å². The van der Waals surface area contributed by atoms with Crippen LogP contribution in [0.4, 0.5) is 0 Å². The van der Waals surface area contributed by atoms with Gasteiger partial charge in [-0.3, -0.25) is 4.79 Å². The maximum Gasteiger partial charge on any atom is 0.273 e. The molecule has 3 heterocycles. The van der Waals surface area contributed by atoms with Crippen molar-refractivity contribution >= 4 is 66.4 Å². The summed E-state index contributed by atoms with van der Waals surface area (Å²) in [4.78, 5) is 12.6. The maximum atomic E-state index is 12.6. The van der Waals surface area contributed by atoms with E-state index in [1.165, 1.54) is 6.07 Å². The zero-order valence-corrected chi connectivity index (χ0v) is 22.4. The van der Waals surface area contributed by atoms with E-state index in [9.17, 15) is 13.2 Å². The van der Waals surface area contributed by atoms with Gasteiger partial charge in [-0.15, -0.1) is 11.3 Å². The number of benzene rings is 1. The fourth-order valence-electron chi connectivity index (χ4n) is 4.10. The van der Waals surface area contributed by atoms with Gasteiger partial charge in [-0.2, -0.15) is 0 Å². The number of ether oxygens (including phenoxy) is 1. The lowest BCUT2D eigenvalue weighted by Gasteiger charge is -2.42. The minimum absolute atomic E-state index is 0.115. The Morgan fingerprint density at radius 1 is 1.00 bits per heavy atom. The number of carbonyl (C=O) groups excluding carboxylic acids is 1. The van der Waals surface area contributed by atoms with Gasteiger partial charge in [-0.25, -0.2) is 23.2 Å². The molecule has 1 amide bonds. The first-order chi connectivity index (χ1) is 15.7. The second-order valence-electron chi connectivity index (χ2n) is 8.10. The summed E-state index contributed by atoms with van der Waals surface area (Å²) in [5.41, 5.74) is 0. The summed E-state index contributed by atoms with van der Waals surface area (Å²) in [6.45, 7) is 3.18. The van der Waals surface area contributed by atoms with E-state index >= 15 is 0 Å². The molecule has 0 atom stereocenters. The number of hydrogen-bond donors (Lipinski definition) is 1. The number of hydrogen-bond acceptors (Lipinski definition) is 7. The summed E-state index contributed by atoms with van der Waals surface area (Å²) >= 11 is 16.4. The number of carbonyl (C=O) groups is 1. The van der Waals surface area contributed by atoms with Gasteiger partial charge in [0.25, 0.3) is 10.0 Å². The predicted molar refractivity (Wildman–Crippen MR) is 133 cm³/mol. The molecule has 12 heteroatoms. The third kappa shape index (κ3) is 6.42. The van der Waals surface area contributed by atoms with Crippen molar-refractivity contribution in [3.05, 3.63) is 44.2 Å². The van der Waals surface area contributed by atoms with Gasteiger partial charge in [0.2, 0.25) is 5.91 Å². The molecule has 0 radical (unpaired) electrons. The van der Waals surface area contributed by atoms with Crippen LogP contribution in [0.5, 0.6) is 5.75 Å². The molecule has 2 fully saturated rings. The molecular formula is C21H24BrCl2N3O4S2. The SMILES string of the molecule is O=C(NS(=O)(=O)c1ccc(Br)s1)C1CCN(N2CCC(Oc3ccc(Cl)c(Cl)c3)CC2)CC1. The summed E-state index contributed by atoms with van der Waals surface area (Å²) < 4.78 is 34.0. The Kier molecular flexibility index (Phi) is 8.26. The minimum atomic E-state index is -3.82. The van der Waals surface area contributed by atoms with Crippen LogP contribution >= 0.6 is 50.5 Å². The number of sulfonamides is 1. The van der Waals surface area contributed by atoms with Gasteiger partial charge in [0.1, 0.15) is 16.1 Å². The van der Waals surface area contributed by atoms with Gasteiger partial charge in [-0.1, -0.05) is 23.2 Å². The lowest BCUT2D eigenvalue weighted by Crippen LogP contribution is -2.52. The average Bonchev–Trinajstić information content (AvgIpc) is 3.24. The Morgan fingerprint density at radius 2 is 1.64 bits per heavy atom. The third-order valence-corrected chi connectivity index (χ3v) is 10.1. The molecule has 0 unspecified atom stereocenters. The highest BCUT2D eigenvalue weighted by atomic mass is 79.9. The topological polar surface area (TPSA) is 79.0 Å². The van der Waals surface area contributed by atoms with Crippen LogP contribution < -0.4 is 9.46 Å². The molecule has 1 aromatic heterocycles. The second kappa shape index (κ2) is 10.8. The van der Waals surface area contributed by atoms with Crippen molar-refractivity contribution in [1.29, 1.82) is 0 Å².